The van der Waals surface area contributed by atoms with E-state index in [4.69, 9.17) is 27.9 Å². The number of ether oxygens (including phenoxy) is 1. The van der Waals surface area contributed by atoms with Crippen molar-refractivity contribution in [3.05, 3.63) is 52.0 Å². The molecule has 2 aromatic rings. The number of benzene rings is 2. The molecule has 1 aliphatic heterocycles. The Morgan fingerprint density at radius 3 is 2.41 bits per heavy atom. The van der Waals surface area contributed by atoms with Crippen LogP contribution < -0.4 is 14.4 Å². The van der Waals surface area contributed by atoms with E-state index in [9.17, 15) is 26.4 Å². The van der Waals surface area contributed by atoms with Gasteiger partial charge in [0.15, 0.2) is 6.10 Å². The largest absolute Gasteiger partial charge is 0.476 e. The summed E-state index contributed by atoms with van der Waals surface area (Å²) in [4.78, 5) is 12.6. The monoisotopic (exact) mass is 468 g/mol. The highest BCUT2D eigenvalue weighted by Crippen LogP contribution is 2.39. The van der Waals surface area contributed by atoms with Crippen molar-refractivity contribution in [3.63, 3.8) is 0 Å². The summed E-state index contributed by atoms with van der Waals surface area (Å²) in [6, 6.07) is 7.04. The van der Waals surface area contributed by atoms with Crippen LogP contribution in [0.15, 0.2) is 36.4 Å². The lowest BCUT2D eigenvalue weighted by molar-refractivity contribution is -0.137. The normalized spacial score (nSPS) is 16.8. The zero-order valence-electron chi connectivity index (χ0n) is 14.6. The molecule has 1 N–H and O–H groups in total. The van der Waals surface area contributed by atoms with Crippen LogP contribution in [0.5, 0.6) is 5.75 Å². The number of alkyl halides is 3. The zero-order valence-corrected chi connectivity index (χ0v) is 17.0. The summed E-state index contributed by atoms with van der Waals surface area (Å²) in [6.45, 7) is -0.438. The van der Waals surface area contributed by atoms with Crippen molar-refractivity contribution in [1.29, 1.82) is 0 Å². The third-order valence-electron chi connectivity index (χ3n) is 4.03. The second-order valence-electron chi connectivity index (χ2n) is 6.19. The summed E-state index contributed by atoms with van der Waals surface area (Å²) in [5.41, 5.74) is -1.53. The molecule has 1 atom stereocenters. The van der Waals surface area contributed by atoms with E-state index in [0.29, 0.717) is 6.07 Å². The number of sulfonamides is 1. The first kappa shape index (κ1) is 21.5. The fourth-order valence-electron chi connectivity index (χ4n) is 2.75. The summed E-state index contributed by atoms with van der Waals surface area (Å²) in [7, 11) is -3.82. The van der Waals surface area contributed by atoms with E-state index in [2.05, 4.69) is 5.32 Å². The smallest absolute Gasteiger partial charge is 0.418 e. The Hall–Kier alpha value is -2.17. The Bertz CT molecular complexity index is 1080. The Morgan fingerprint density at radius 1 is 1.17 bits per heavy atom. The van der Waals surface area contributed by atoms with Crippen molar-refractivity contribution in [3.8, 4) is 5.75 Å². The third-order valence-corrected chi connectivity index (χ3v) is 5.64. The van der Waals surface area contributed by atoms with Crippen molar-refractivity contribution in [2.45, 2.75) is 12.3 Å². The van der Waals surface area contributed by atoms with Gasteiger partial charge < -0.3 is 10.1 Å². The van der Waals surface area contributed by atoms with E-state index in [-0.39, 0.29) is 21.5 Å². The number of nitrogens with one attached hydrogen (secondary N) is 1. The quantitative estimate of drug-likeness (QED) is 0.732. The average Bonchev–Trinajstić information content (AvgIpc) is 2.60. The van der Waals surface area contributed by atoms with Gasteiger partial charge in [0.25, 0.3) is 5.91 Å². The molecule has 0 radical (unpaired) electrons. The number of amides is 1. The number of hydrogen-bond acceptors (Lipinski definition) is 4. The summed E-state index contributed by atoms with van der Waals surface area (Å²) < 4.78 is 70.4. The molecule has 0 saturated carbocycles. The minimum Gasteiger partial charge on any atom is -0.476 e. The predicted octanol–water partition coefficient (Wildman–Crippen LogP) is 4.18. The van der Waals surface area contributed by atoms with Gasteiger partial charge in [-0.1, -0.05) is 23.2 Å². The first-order valence-electron chi connectivity index (χ1n) is 7.98. The predicted molar refractivity (Wildman–Crippen MR) is 103 cm³/mol. The van der Waals surface area contributed by atoms with Gasteiger partial charge in [0, 0.05) is 10.0 Å². The van der Waals surface area contributed by atoms with E-state index < -0.39 is 46.0 Å². The van der Waals surface area contributed by atoms with Crippen molar-refractivity contribution < 1.29 is 31.1 Å². The van der Waals surface area contributed by atoms with Crippen LogP contribution in [0.2, 0.25) is 10.0 Å². The number of hydrogen-bond donors (Lipinski definition) is 1. The lowest BCUT2D eigenvalue weighted by atomic mass is 10.1. The van der Waals surface area contributed by atoms with E-state index in [0.717, 1.165) is 16.6 Å². The number of rotatable bonds is 3. The van der Waals surface area contributed by atoms with E-state index in [1.165, 1.54) is 24.3 Å². The van der Waals surface area contributed by atoms with Crippen LogP contribution in [0.25, 0.3) is 0 Å². The van der Waals surface area contributed by atoms with Gasteiger partial charge in [0.1, 0.15) is 5.75 Å². The number of carbonyl (C=O) groups is 1. The second-order valence-corrected chi connectivity index (χ2v) is 8.97. The maximum absolute atomic E-state index is 13.2. The molecule has 1 aliphatic rings. The lowest BCUT2D eigenvalue weighted by Crippen LogP contribution is -2.48. The number of carbonyl (C=O) groups excluding carboxylic acids is 1. The van der Waals surface area contributed by atoms with Crippen LogP contribution in [-0.2, 0) is 21.0 Å². The number of nitrogens with zero attached hydrogens (tertiary/aromatic N) is 1. The van der Waals surface area contributed by atoms with Crippen LogP contribution in [0, 0.1) is 0 Å². The van der Waals surface area contributed by atoms with Gasteiger partial charge in [-0.15, -0.1) is 0 Å². The Balaban J connectivity index is 1.93. The van der Waals surface area contributed by atoms with Crippen LogP contribution >= 0.6 is 23.2 Å². The first-order valence-corrected chi connectivity index (χ1v) is 10.6. The fraction of sp³-hybridized carbons (Fsp3) is 0.235. The minimum absolute atomic E-state index is 0.0541. The number of anilines is 2. The van der Waals surface area contributed by atoms with Crippen molar-refractivity contribution in [2.75, 3.05) is 22.4 Å². The van der Waals surface area contributed by atoms with Gasteiger partial charge in [-0.05, 0) is 36.4 Å². The first-order chi connectivity index (χ1) is 13.4. The highest BCUT2D eigenvalue weighted by atomic mass is 35.5. The molecule has 29 heavy (non-hydrogen) atoms. The zero-order chi connectivity index (χ0) is 21.6. The van der Waals surface area contributed by atoms with E-state index in [1.807, 2.05) is 0 Å². The molecule has 6 nitrogen and oxygen atoms in total. The maximum atomic E-state index is 13.2. The highest BCUT2D eigenvalue weighted by Gasteiger charge is 2.38. The molecular formula is C17H13Cl2F3N2O4S. The van der Waals surface area contributed by atoms with Crippen molar-refractivity contribution in [1.82, 2.24) is 0 Å². The molecule has 0 aliphatic carbocycles. The Kier molecular flexibility index (Phi) is 5.63. The minimum atomic E-state index is -4.76. The highest BCUT2D eigenvalue weighted by molar-refractivity contribution is 7.92. The van der Waals surface area contributed by atoms with Crippen LogP contribution in [0.4, 0.5) is 24.5 Å². The number of halogens is 5. The van der Waals surface area contributed by atoms with E-state index in [1.54, 1.807) is 0 Å². The molecule has 2 aromatic carbocycles. The molecular weight excluding hydrogens is 456 g/mol. The van der Waals surface area contributed by atoms with Crippen LogP contribution in [0.3, 0.4) is 0 Å². The molecule has 0 spiro atoms. The SMILES string of the molecule is CS(=O)(=O)N1C[C@H](C(=O)Nc2ccc(Cl)cc2C(F)(F)F)Oc2ccc(Cl)cc21. The molecule has 0 saturated heterocycles. The Labute approximate surface area is 174 Å². The molecule has 0 fully saturated rings. The van der Waals surface area contributed by atoms with Crippen LogP contribution in [0.1, 0.15) is 5.56 Å². The molecule has 0 unspecified atom stereocenters. The molecule has 1 heterocycles. The topological polar surface area (TPSA) is 75.7 Å². The molecule has 0 bridgehead atoms. The van der Waals surface area contributed by atoms with Gasteiger partial charge >= 0.3 is 6.18 Å². The van der Waals surface area contributed by atoms with E-state index >= 15 is 0 Å². The summed E-state index contributed by atoms with van der Waals surface area (Å²) in [6.07, 6.45) is -5.22. The molecule has 3 rings (SSSR count). The molecule has 0 aromatic heterocycles. The maximum Gasteiger partial charge on any atom is 0.418 e. The van der Waals surface area contributed by atoms with Crippen LogP contribution in [-0.4, -0.2) is 33.2 Å². The average molecular weight is 469 g/mol. The van der Waals surface area contributed by atoms with Gasteiger partial charge in [-0.25, -0.2) is 8.42 Å². The molecule has 156 valence electrons. The van der Waals surface area contributed by atoms with Gasteiger partial charge in [-0.3, -0.25) is 9.10 Å². The molecule has 1 amide bonds. The summed E-state index contributed by atoms with van der Waals surface area (Å²) in [5.74, 6) is -0.898. The fourth-order valence-corrected chi connectivity index (χ4v) is 3.99. The number of fused-ring (bicyclic) bond motifs is 1. The van der Waals surface area contributed by atoms with Gasteiger partial charge in [0.2, 0.25) is 10.0 Å². The Morgan fingerprint density at radius 2 is 1.79 bits per heavy atom. The standard InChI is InChI=1S/C17H13Cl2F3N2O4S/c1-29(26,27)24-8-15(28-14-5-3-10(19)7-13(14)24)16(25)23-12-4-2-9(18)6-11(12)17(20,21)22/h2-7,15H,8H2,1H3,(H,23,25)/t15-/m1/s1. The lowest BCUT2D eigenvalue weighted by Gasteiger charge is -2.34. The summed E-state index contributed by atoms with van der Waals surface area (Å²) in [5, 5.41) is 2.23. The van der Waals surface area contributed by atoms with Crippen molar-refractivity contribution >= 4 is 50.5 Å². The summed E-state index contributed by atoms with van der Waals surface area (Å²) >= 11 is 11.5. The van der Waals surface area contributed by atoms with Gasteiger partial charge in [0.05, 0.1) is 29.7 Å². The van der Waals surface area contributed by atoms with Crippen molar-refractivity contribution in [2.24, 2.45) is 0 Å². The second kappa shape index (κ2) is 7.58. The third kappa shape index (κ3) is 4.71. The molecule has 12 heteroatoms. The van der Waals surface area contributed by atoms with Gasteiger partial charge in [-0.2, -0.15) is 13.2 Å².